The molecule has 2 aliphatic rings. The van der Waals surface area contributed by atoms with Gasteiger partial charge < -0.3 is 9.84 Å². The minimum atomic E-state index is -1.67. The Hall–Kier alpha value is -1.53. The minimum absolute atomic E-state index is 0.255. The molecule has 1 aliphatic carbocycles. The zero-order valence-corrected chi connectivity index (χ0v) is 6.34. The molecular weight excluding hydrogens is 178 g/mol. The van der Waals surface area contributed by atoms with Gasteiger partial charge in [0.2, 0.25) is 11.4 Å². The number of ether oxygens (including phenoxy) is 1. The van der Waals surface area contributed by atoms with Crippen LogP contribution in [-0.2, 0) is 9.53 Å². The van der Waals surface area contributed by atoms with Crippen LogP contribution in [0.15, 0.2) is 23.9 Å². The number of carbonyl (C=O) groups is 1. The monoisotopic (exact) mass is 183 g/mol. The first-order chi connectivity index (χ1) is 6.03. The Morgan fingerprint density at radius 3 is 2.92 bits per heavy atom. The maximum atomic E-state index is 10.5. The summed E-state index contributed by atoms with van der Waals surface area (Å²) in [5.41, 5.74) is -1.79. The van der Waals surface area contributed by atoms with E-state index in [4.69, 9.17) is 4.74 Å². The largest absolute Gasteiger partial charge is 0.359 e. The molecule has 1 aliphatic heterocycles. The maximum absolute atomic E-state index is 10.5. The van der Waals surface area contributed by atoms with Crippen LogP contribution in [0.5, 0.6) is 0 Å². The van der Waals surface area contributed by atoms with Crippen LogP contribution in [0.1, 0.15) is 0 Å². The van der Waals surface area contributed by atoms with Crippen molar-refractivity contribution in [3.8, 4) is 0 Å². The van der Waals surface area contributed by atoms with Gasteiger partial charge in [-0.3, -0.25) is 14.9 Å². The summed E-state index contributed by atoms with van der Waals surface area (Å²) < 4.78 is 4.70. The Balaban J connectivity index is 2.40. The molecule has 0 aromatic heterocycles. The standard InChI is InChI=1S/C7H5NO5/c9-4-6-3-5(8(11)12)1-2-7(6,10)13-6/h1-4,10H. The van der Waals surface area contributed by atoms with Crippen molar-refractivity contribution in [2.45, 2.75) is 11.4 Å². The Labute approximate surface area is 72.3 Å². The number of fused-ring (bicyclic) bond motifs is 1. The van der Waals surface area contributed by atoms with Crippen LogP contribution in [0.25, 0.3) is 0 Å². The summed E-state index contributed by atoms with van der Waals surface area (Å²) in [5.74, 6) is -1.67. The normalized spacial score (nSPS) is 40.5. The fourth-order valence-corrected chi connectivity index (χ4v) is 1.25. The smallest absolute Gasteiger partial charge is 0.268 e. The van der Waals surface area contributed by atoms with Crippen molar-refractivity contribution in [1.29, 1.82) is 0 Å². The number of hydrogen-bond donors (Lipinski definition) is 1. The number of carbonyl (C=O) groups excluding carboxylic acids is 1. The molecule has 2 unspecified atom stereocenters. The Morgan fingerprint density at radius 1 is 1.69 bits per heavy atom. The van der Waals surface area contributed by atoms with Gasteiger partial charge >= 0.3 is 0 Å². The molecular formula is C7H5NO5. The second kappa shape index (κ2) is 2.04. The van der Waals surface area contributed by atoms with E-state index in [-0.39, 0.29) is 5.70 Å². The van der Waals surface area contributed by atoms with E-state index in [1.165, 1.54) is 0 Å². The number of aldehydes is 1. The molecule has 0 radical (unpaired) electrons. The van der Waals surface area contributed by atoms with Gasteiger partial charge in [-0.25, -0.2) is 0 Å². The molecule has 0 aromatic carbocycles. The molecule has 1 saturated heterocycles. The molecule has 0 bridgehead atoms. The van der Waals surface area contributed by atoms with Gasteiger partial charge in [0.15, 0.2) is 6.29 Å². The van der Waals surface area contributed by atoms with Crippen LogP contribution in [0, 0.1) is 10.1 Å². The summed E-state index contributed by atoms with van der Waals surface area (Å²) in [5, 5.41) is 19.7. The fourth-order valence-electron chi connectivity index (χ4n) is 1.25. The SMILES string of the molecule is O=CC12C=C([N+](=O)[O-])C=CC1(O)O2. The highest BCUT2D eigenvalue weighted by Crippen LogP contribution is 2.49. The fraction of sp³-hybridized carbons (Fsp3) is 0.286. The van der Waals surface area contributed by atoms with E-state index in [9.17, 15) is 20.0 Å². The van der Waals surface area contributed by atoms with E-state index >= 15 is 0 Å². The highest BCUT2D eigenvalue weighted by molar-refractivity contribution is 5.75. The Morgan fingerprint density at radius 2 is 2.38 bits per heavy atom. The van der Waals surface area contributed by atoms with Crippen molar-refractivity contribution in [1.82, 2.24) is 0 Å². The number of allylic oxidation sites excluding steroid dienone is 1. The highest BCUT2D eigenvalue weighted by Gasteiger charge is 2.70. The average Bonchev–Trinajstić information content (AvgIpc) is 2.70. The topological polar surface area (TPSA) is 93.0 Å². The maximum Gasteiger partial charge on any atom is 0.268 e. The lowest BCUT2D eigenvalue weighted by Gasteiger charge is -2.05. The summed E-state index contributed by atoms with van der Waals surface area (Å²) in [4.78, 5) is 20.2. The molecule has 68 valence electrons. The van der Waals surface area contributed by atoms with Crippen LogP contribution >= 0.6 is 0 Å². The highest BCUT2D eigenvalue weighted by atomic mass is 16.8. The molecule has 6 heteroatoms. The van der Waals surface area contributed by atoms with Crippen LogP contribution in [0.3, 0.4) is 0 Å². The van der Waals surface area contributed by atoms with Crippen LogP contribution < -0.4 is 0 Å². The van der Waals surface area contributed by atoms with Crippen LogP contribution in [0.4, 0.5) is 0 Å². The van der Waals surface area contributed by atoms with Gasteiger partial charge in [-0.1, -0.05) is 0 Å². The molecule has 1 N–H and O–H groups in total. The first-order valence-electron chi connectivity index (χ1n) is 3.48. The summed E-state index contributed by atoms with van der Waals surface area (Å²) in [7, 11) is 0. The van der Waals surface area contributed by atoms with Gasteiger partial charge in [-0.15, -0.1) is 0 Å². The summed E-state index contributed by atoms with van der Waals surface area (Å²) in [6.07, 6.45) is 3.55. The van der Waals surface area contributed by atoms with Gasteiger partial charge in [0.1, 0.15) is 0 Å². The lowest BCUT2D eigenvalue weighted by atomic mass is 9.98. The lowest BCUT2D eigenvalue weighted by Crippen LogP contribution is -2.27. The zero-order valence-electron chi connectivity index (χ0n) is 6.34. The van der Waals surface area contributed by atoms with E-state index in [0.717, 1.165) is 18.2 Å². The van der Waals surface area contributed by atoms with E-state index < -0.39 is 16.3 Å². The lowest BCUT2D eigenvalue weighted by molar-refractivity contribution is -0.419. The van der Waals surface area contributed by atoms with Crippen molar-refractivity contribution in [2.75, 3.05) is 0 Å². The molecule has 1 fully saturated rings. The second-order valence-electron chi connectivity index (χ2n) is 2.87. The first kappa shape index (κ1) is 8.09. The van der Waals surface area contributed by atoms with Gasteiger partial charge in [0.25, 0.3) is 5.70 Å². The van der Waals surface area contributed by atoms with Crippen molar-refractivity contribution >= 4 is 6.29 Å². The van der Waals surface area contributed by atoms with Crippen molar-refractivity contribution in [3.63, 3.8) is 0 Å². The molecule has 6 nitrogen and oxygen atoms in total. The third-order valence-corrected chi connectivity index (χ3v) is 2.07. The summed E-state index contributed by atoms with van der Waals surface area (Å²) >= 11 is 0. The van der Waals surface area contributed by atoms with Gasteiger partial charge in [-0.2, -0.15) is 0 Å². The van der Waals surface area contributed by atoms with Gasteiger partial charge in [-0.05, 0) is 6.08 Å². The summed E-state index contributed by atoms with van der Waals surface area (Å²) in [6.45, 7) is 0. The number of nitro groups is 1. The van der Waals surface area contributed by atoms with Gasteiger partial charge in [0, 0.05) is 12.2 Å². The molecule has 2 rings (SSSR count). The molecule has 0 spiro atoms. The number of nitrogens with zero attached hydrogens (tertiary/aromatic N) is 1. The number of hydrogen-bond acceptors (Lipinski definition) is 5. The number of aliphatic hydroxyl groups is 1. The molecule has 13 heavy (non-hydrogen) atoms. The molecule has 2 atom stereocenters. The van der Waals surface area contributed by atoms with E-state index in [0.29, 0.717) is 6.29 Å². The minimum Gasteiger partial charge on any atom is -0.359 e. The third kappa shape index (κ3) is 0.865. The van der Waals surface area contributed by atoms with E-state index in [2.05, 4.69) is 0 Å². The average molecular weight is 183 g/mol. The predicted molar refractivity (Wildman–Crippen MR) is 39.0 cm³/mol. The second-order valence-corrected chi connectivity index (χ2v) is 2.87. The van der Waals surface area contributed by atoms with Crippen LogP contribution in [0.2, 0.25) is 0 Å². The number of rotatable bonds is 2. The van der Waals surface area contributed by atoms with E-state index in [1.54, 1.807) is 0 Å². The Kier molecular flexibility index (Phi) is 1.27. The van der Waals surface area contributed by atoms with Crippen molar-refractivity contribution in [3.05, 3.63) is 34.0 Å². The Bertz CT molecular complexity index is 360. The third-order valence-electron chi connectivity index (χ3n) is 2.07. The van der Waals surface area contributed by atoms with Crippen LogP contribution in [-0.4, -0.2) is 27.7 Å². The zero-order chi connectivity index (χ0) is 9.69. The predicted octanol–water partition coefficient (Wildman–Crippen LogP) is -0.627. The number of epoxide rings is 1. The van der Waals surface area contributed by atoms with Gasteiger partial charge in [0.05, 0.1) is 4.92 Å². The molecule has 0 saturated carbocycles. The molecule has 0 aromatic rings. The summed E-state index contributed by atoms with van der Waals surface area (Å²) in [6, 6.07) is 0. The molecule has 1 heterocycles. The quantitative estimate of drug-likeness (QED) is 0.266. The van der Waals surface area contributed by atoms with Crippen molar-refractivity contribution < 1.29 is 19.6 Å². The molecule has 0 amide bonds. The van der Waals surface area contributed by atoms with Crippen molar-refractivity contribution in [2.24, 2.45) is 0 Å². The first-order valence-corrected chi connectivity index (χ1v) is 3.48. The van der Waals surface area contributed by atoms with E-state index in [1.807, 2.05) is 0 Å².